The van der Waals surface area contributed by atoms with Gasteiger partial charge in [0.2, 0.25) is 0 Å². The van der Waals surface area contributed by atoms with Gasteiger partial charge in [0.1, 0.15) is 0 Å². The molecule has 0 saturated carbocycles. The van der Waals surface area contributed by atoms with Crippen molar-refractivity contribution in [2.45, 2.75) is 0 Å². The Bertz CT molecular complexity index is 584. The minimum Gasteiger partial charge on any atom is -0.478 e. The second kappa shape index (κ2) is 4.14. The standard InChI is InChI=1S/C12H10BrNO2/c1-14-10(4-5-12(15)16)6-8-2-3-9(13)7-11(8)14/h2-7H,1H3,(H,15,16)/b5-4+. The average molecular weight is 280 g/mol. The lowest BCUT2D eigenvalue weighted by atomic mass is 10.2. The molecule has 0 aliphatic heterocycles. The summed E-state index contributed by atoms with van der Waals surface area (Å²) in [6, 6.07) is 7.93. The summed E-state index contributed by atoms with van der Waals surface area (Å²) in [4.78, 5) is 10.4. The summed E-state index contributed by atoms with van der Waals surface area (Å²) in [6.45, 7) is 0. The van der Waals surface area contributed by atoms with Gasteiger partial charge in [0, 0.05) is 34.2 Å². The van der Waals surface area contributed by atoms with E-state index in [1.165, 1.54) is 0 Å². The molecule has 2 aromatic rings. The molecular weight excluding hydrogens is 270 g/mol. The summed E-state index contributed by atoms with van der Waals surface area (Å²) >= 11 is 3.41. The van der Waals surface area contributed by atoms with Crippen molar-refractivity contribution in [2.24, 2.45) is 7.05 Å². The van der Waals surface area contributed by atoms with E-state index in [9.17, 15) is 4.79 Å². The molecule has 0 aliphatic rings. The second-order valence-corrected chi connectivity index (χ2v) is 4.42. The van der Waals surface area contributed by atoms with Crippen molar-refractivity contribution in [3.63, 3.8) is 0 Å². The van der Waals surface area contributed by atoms with Gasteiger partial charge in [0.05, 0.1) is 0 Å². The van der Waals surface area contributed by atoms with Crippen LogP contribution in [0.5, 0.6) is 0 Å². The van der Waals surface area contributed by atoms with Crippen LogP contribution in [0, 0.1) is 0 Å². The third-order valence-electron chi connectivity index (χ3n) is 2.44. The molecule has 2 rings (SSSR count). The Balaban J connectivity index is 2.56. The maximum atomic E-state index is 10.4. The van der Waals surface area contributed by atoms with Crippen LogP contribution in [0.4, 0.5) is 0 Å². The van der Waals surface area contributed by atoms with Gasteiger partial charge in [0.15, 0.2) is 0 Å². The number of aliphatic carboxylic acids is 1. The van der Waals surface area contributed by atoms with E-state index in [1.807, 2.05) is 35.9 Å². The normalized spacial score (nSPS) is 11.4. The van der Waals surface area contributed by atoms with E-state index < -0.39 is 5.97 Å². The van der Waals surface area contributed by atoms with E-state index in [1.54, 1.807) is 6.08 Å². The highest BCUT2D eigenvalue weighted by molar-refractivity contribution is 9.10. The Morgan fingerprint density at radius 1 is 1.44 bits per heavy atom. The zero-order valence-electron chi connectivity index (χ0n) is 8.64. The van der Waals surface area contributed by atoms with Crippen molar-refractivity contribution >= 4 is 38.9 Å². The molecule has 3 nitrogen and oxygen atoms in total. The van der Waals surface area contributed by atoms with Crippen molar-refractivity contribution in [1.29, 1.82) is 0 Å². The minimum atomic E-state index is -0.938. The van der Waals surface area contributed by atoms with Gasteiger partial charge in [-0.2, -0.15) is 0 Å². The number of nitrogens with zero attached hydrogens (tertiary/aromatic N) is 1. The van der Waals surface area contributed by atoms with E-state index in [2.05, 4.69) is 15.9 Å². The lowest BCUT2D eigenvalue weighted by molar-refractivity contribution is -0.131. The average Bonchev–Trinajstić information content (AvgIpc) is 2.53. The van der Waals surface area contributed by atoms with Crippen LogP contribution < -0.4 is 0 Å². The molecule has 16 heavy (non-hydrogen) atoms. The summed E-state index contributed by atoms with van der Waals surface area (Å²) in [7, 11) is 1.91. The number of fused-ring (bicyclic) bond motifs is 1. The van der Waals surface area contributed by atoms with Crippen molar-refractivity contribution in [3.8, 4) is 0 Å². The van der Waals surface area contributed by atoms with Crippen LogP contribution in [0.25, 0.3) is 17.0 Å². The molecule has 0 spiro atoms. The molecule has 0 amide bonds. The molecule has 1 aromatic heterocycles. The lowest BCUT2D eigenvalue weighted by Crippen LogP contribution is -1.91. The largest absolute Gasteiger partial charge is 0.478 e. The van der Waals surface area contributed by atoms with Gasteiger partial charge < -0.3 is 9.67 Å². The van der Waals surface area contributed by atoms with Crippen LogP contribution in [0.3, 0.4) is 0 Å². The number of hydrogen-bond donors (Lipinski definition) is 1. The van der Waals surface area contributed by atoms with Crippen LogP contribution >= 0.6 is 15.9 Å². The fraction of sp³-hybridized carbons (Fsp3) is 0.0833. The van der Waals surface area contributed by atoms with E-state index in [4.69, 9.17) is 5.11 Å². The third-order valence-corrected chi connectivity index (χ3v) is 2.93. The van der Waals surface area contributed by atoms with Crippen molar-refractivity contribution in [1.82, 2.24) is 4.57 Å². The summed E-state index contributed by atoms with van der Waals surface area (Å²) < 4.78 is 2.97. The minimum absolute atomic E-state index is 0.871. The smallest absolute Gasteiger partial charge is 0.328 e. The Hall–Kier alpha value is -1.55. The quantitative estimate of drug-likeness (QED) is 0.859. The molecule has 0 atom stereocenters. The topological polar surface area (TPSA) is 42.2 Å². The second-order valence-electron chi connectivity index (χ2n) is 3.50. The molecule has 1 N–H and O–H groups in total. The zero-order valence-corrected chi connectivity index (χ0v) is 10.2. The van der Waals surface area contributed by atoms with E-state index >= 15 is 0 Å². The van der Waals surface area contributed by atoms with Crippen LogP contribution in [-0.2, 0) is 11.8 Å². The first kappa shape index (κ1) is 11.0. The number of hydrogen-bond acceptors (Lipinski definition) is 1. The fourth-order valence-electron chi connectivity index (χ4n) is 1.64. The van der Waals surface area contributed by atoms with Gasteiger partial charge >= 0.3 is 5.97 Å². The van der Waals surface area contributed by atoms with Gasteiger partial charge in [-0.15, -0.1) is 0 Å². The maximum absolute atomic E-state index is 10.4. The Morgan fingerprint density at radius 2 is 2.19 bits per heavy atom. The molecule has 82 valence electrons. The van der Waals surface area contributed by atoms with Crippen molar-refractivity contribution in [2.75, 3.05) is 0 Å². The number of rotatable bonds is 2. The highest BCUT2D eigenvalue weighted by Crippen LogP contribution is 2.23. The first-order chi connectivity index (χ1) is 7.58. The number of aromatic nitrogens is 1. The van der Waals surface area contributed by atoms with E-state index in [-0.39, 0.29) is 0 Å². The molecule has 0 radical (unpaired) electrons. The summed E-state index contributed by atoms with van der Waals surface area (Å²) in [5, 5.41) is 9.67. The molecule has 0 bridgehead atoms. The van der Waals surface area contributed by atoms with Crippen LogP contribution in [0.15, 0.2) is 34.8 Å². The fourth-order valence-corrected chi connectivity index (χ4v) is 1.99. The monoisotopic (exact) mass is 279 g/mol. The first-order valence-electron chi connectivity index (χ1n) is 4.74. The molecule has 1 heterocycles. The maximum Gasteiger partial charge on any atom is 0.328 e. The molecular formula is C12H10BrNO2. The highest BCUT2D eigenvalue weighted by atomic mass is 79.9. The molecule has 0 saturated heterocycles. The van der Waals surface area contributed by atoms with Gasteiger partial charge in [-0.05, 0) is 24.3 Å². The Morgan fingerprint density at radius 3 is 2.88 bits per heavy atom. The number of carbonyl (C=O) groups is 1. The number of carboxylic acids is 1. The first-order valence-corrected chi connectivity index (χ1v) is 5.53. The predicted molar refractivity (Wildman–Crippen MR) is 67.3 cm³/mol. The molecule has 0 aliphatic carbocycles. The predicted octanol–water partition coefficient (Wildman–Crippen LogP) is 3.04. The molecule has 0 fully saturated rings. The van der Waals surface area contributed by atoms with Gasteiger partial charge in [-0.25, -0.2) is 4.79 Å². The summed E-state index contributed by atoms with van der Waals surface area (Å²) in [6.07, 6.45) is 2.74. The number of halogens is 1. The van der Waals surface area contributed by atoms with Crippen LogP contribution in [0.2, 0.25) is 0 Å². The van der Waals surface area contributed by atoms with Gasteiger partial charge in [0.25, 0.3) is 0 Å². The summed E-state index contributed by atoms with van der Waals surface area (Å²) in [5.41, 5.74) is 1.94. The van der Waals surface area contributed by atoms with Crippen LogP contribution in [-0.4, -0.2) is 15.6 Å². The molecule has 0 unspecified atom stereocenters. The van der Waals surface area contributed by atoms with Crippen molar-refractivity contribution < 1.29 is 9.90 Å². The lowest BCUT2D eigenvalue weighted by Gasteiger charge is -1.99. The van der Waals surface area contributed by atoms with E-state index in [0.29, 0.717) is 0 Å². The number of aryl methyl sites for hydroxylation is 1. The van der Waals surface area contributed by atoms with Crippen LogP contribution in [0.1, 0.15) is 5.69 Å². The third kappa shape index (κ3) is 2.02. The highest BCUT2D eigenvalue weighted by Gasteiger charge is 2.03. The SMILES string of the molecule is Cn1c(/C=C/C(=O)O)cc2ccc(Br)cc21. The summed E-state index contributed by atoms with van der Waals surface area (Å²) in [5.74, 6) is -0.938. The number of benzene rings is 1. The van der Waals surface area contributed by atoms with Gasteiger partial charge in [-0.3, -0.25) is 0 Å². The van der Waals surface area contributed by atoms with Gasteiger partial charge in [-0.1, -0.05) is 22.0 Å². The zero-order chi connectivity index (χ0) is 11.7. The van der Waals surface area contributed by atoms with E-state index in [0.717, 1.165) is 27.1 Å². The Kier molecular flexibility index (Phi) is 2.83. The Labute approximate surface area is 101 Å². The number of carboxylic acid groups (broad SMARTS) is 1. The molecule has 4 heteroatoms. The molecule has 1 aromatic carbocycles. The van der Waals surface area contributed by atoms with Crippen molar-refractivity contribution in [3.05, 3.63) is 40.5 Å².